The highest BCUT2D eigenvalue weighted by atomic mass is 16.7. The lowest BCUT2D eigenvalue weighted by Crippen LogP contribution is -2.49. The van der Waals surface area contributed by atoms with Crippen LogP contribution in [-0.2, 0) is 20.6 Å². The number of ether oxygens (including phenoxy) is 1. The number of carbonyl (C=O) groups is 1. The van der Waals surface area contributed by atoms with E-state index in [1.165, 1.54) is 22.3 Å². The Balaban J connectivity index is 1.10. The molecule has 2 heterocycles. The molecule has 0 unspecified atom stereocenters. The molecule has 3 aromatic rings. The number of carbonyl (C=O) groups excluding carboxylic acids is 1. The van der Waals surface area contributed by atoms with Gasteiger partial charge in [-0.2, -0.15) is 0 Å². The van der Waals surface area contributed by atoms with E-state index in [-0.39, 0.29) is 12.0 Å². The van der Waals surface area contributed by atoms with Crippen LogP contribution in [0.4, 0.5) is 4.79 Å². The number of benzene rings is 3. The van der Waals surface area contributed by atoms with Crippen LogP contribution >= 0.6 is 0 Å². The Morgan fingerprint density at radius 3 is 2.05 bits per heavy atom. The van der Waals surface area contributed by atoms with Crippen molar-refractivity contribution in [2.75, 3.05) is 32.8 Å². The lowest BCUT2D eigenvalue weighted by Gasteiger charge is -2.35. The molecule has 0 radical (unpaired) electrons. The summed E-state index contributed by atoms with van der Waals surface area (Å²) in [5.74, 6) is 2.94. The average Bonchev–Trinajstić information content (AvgIpc) is 3.42. The maximum Gasteiger partial charge on any atom is 0.495 e. The molecule has 3 aliphatic rings. The van der Waals surface area contributed by atoms with Crippen LogP contribution in [-0.4, -0.2) is 67.0 Å². The highest BCUT2D eigenvalue weighted by molar-refractivity contribution is 6.63. The topological polar surface area (TPSA) is 51.2 Å². The molecule has 0 spiro atoms. The van der Waals surface area contributed by atoms with Gasteiger partial charge in [-0.15, -0.1) is 6.42 Å². The first-order valence-corrected chi connectivity index (χ1v) is 15.3. The van der Waals surface area contributed by atoms with E-state index in [0.29, 0.717) is 19.7 Å². The van der Waals surface area contributed by atoms with Crippen LogP contribution in [0.3, 0.4) is 0 Å². The summed E-state index contributed by atoms with van der Waals surface area (Å²) in [7, 11) is -0.470. The molecule has 43 heavy (non-hydrogen) atoms. The second-order valence-corrected chi connectivity index (χ2v) is 13.0. The van der Waals surface area contributed by atoms with Gasteiger partial charge in [0.05, 0.1) is 11.2 Å². The van der Waals surface area contributed by atoms with Crippen molar-refractivity contribution in [1.29, 1.82) is 0 Å². The van der Waals surface area contributed by atoms with Gasteiger partial charge < -0.3 is 18.9 Å². The second kappa shape index (κ2) is 11.2. The van der Waals surface area contributed by atoms with Crippen molar-refractivity contribution in [1.82, 2.24) is 9.80 Å². The van der Waals surface area contributed by atoms with Gasteiger partial charge in [0.25, 0.3) is 0 Å². The Hall–Kier alpha value is -3.57. The Kier molecular flexibility index (Phi) is 7.67. The second-order valence-electron chi connectivity index (χ2n) is 13.0. The van der Waals surface area contributed by atoms with Crippen molar-refractivity contribution in [2.24, 2.45) is 0 Å². The van der Waals surface area contributed by atoms with Crippen molar-refractivity contribution in [3.63, 3.8) is 0 Å². The fraction of sp³-hybridized carbons (Fsp3) is 0.417. The largest absolute Gasteiger partial charge is 0.495 e. The van der Waals surface area contributed by atoms with Crippen LogP contribution in [0.5, 0.6) is 0 Å². The third-order valence-corrected chi connectivity index (χ3v) is 10.0. The van der Waals surface area contributed by atoms with Crippen molar-refractivity contribution in [3.05, 3.63) is 88.0 Å². The van der Waals surface area contributed by atoms with E-state index in [0.717, 1.165) is 47.4 Å². The molecule has 1 amide bonds. The Bertz CT molecular complexity index is 1540. The summed E-state index contributed by atoms with van der Waals surface area (Å²) in [6, 6.07) is 18.9. The summed E-state index contributed by atoms with van der Waals surface area (Å²) in [6.07, 6.45) is 5.71. The van der Waals surface area contributed by atoms with E-state index in [2.05, 4.69) is 107 Å². The maximum atomic E-state index is 13.2. The minimum absolute atomic E-state index is 0.0608. The highest BCUT2D eigenvalue weighted by Gasteiger charge is 2.52. The van der Waals surface area contributed by atoms with Crippen LogP contribution in [0.1, 0.15) is 67.0 Å². The predicted molar refractivity (Wildman–Crippen MR) is 171 cm³/mol. The molecule has 0 saturated carbocycles. The predicted octanol–water partition coefficient (Wildman–Crippen LogP) is 5.65. The average molecular weight is 577 g/mol. The van der Waals surface area contributed by atoms with Crippen molar-refractivity contribution in [3.8, 4) is 23.5 Å². The van der Waals surface area contributed by atoms with Gasteiger partial charge >= 0.3 is 13.2 Å². The number of piperazine rings is 1. The number of amides is 1. The summed E-state index contributed by atoms with van der Waals surface area (Å²) in [4.78, 5) is 17.4. The highest BCUT2D eigenvalue weighted by Crippen LogP contribution is 2.44. The van der Waals surface area contributed by atoms with Gasteiger partial charge in [-0.3, -0.25) is 4.90 Å². The zero-order valence-corrected chi connectivity index (χ0v) is 26.2. The fourth-order valence-electron chi connectivity index (χ4n) is 6.63. The molecule has 2 saturated heterocycles. The van der Waals surface area contributed by atoms with Gasteiger partial charge in [0.15, 0.2) is 0 Å². The number of hydrogen-bond donors (Lipinski definition) is 0. The number of terminal acetylenes is 1. The SMILES string of the molecule is C#Cc1cc(CN2CCN(C(=O)OCC3c4ccccc4-c4ccccc43)CC2)c(C)c(B2OC(C)(C)C(C)(C)O2)c1C. The molecule has 0 atom stereocenters. The molecular formula is C36H41BN2O4. The summed E-state index contributed by atoms with van der Waals surface area (Å²) in [6.45, 7) is 16.3. The summed E-state index contributed by atoms with van der Waals surface area (Å²) in [5, 5.41) is 0. The van der Waals surface area contributed by atoms with E-state index < -0.39 is 18.3 Å². The normalized spacial score (nSPS) is 19.2. The Labute approximate surface area is 256 Å². The Morgan fingerprint density at radius 2 is 1.49 bits per heavy atom. The molecule has 0 aromatic heterocycles. The summed E-state index contributed by atoms with van der Waals surface area (Å²) < 4.78 is 18.8. The molecule has 0 N–H and O–H groups in total. The number of fused-ring (bicyclic) bond motifs is 3. The van der Waals surface area contributed by atoms with Crippen LogP contribution in [0.25, 0.3) is 11.1 Å². The van der Waals surface area contributed by atoms with Gasteiger partial charge in [-0.1, -0.05) is 54.5 Å². The first-order chi connectivity index (χ1) is 20.5. The first kappa shape index (κ1) is 29.5. The van der Waals surface area contributed by atoms with Crippen LogP contribution in [0.15, 0.2) is 54.6 Å². The minimum atomic E-state index is -0.470. The van der Waals surface area contributed by atoms with Crippen LogP contribution in [0.2, 0.25) is 0 Å². The monoisotopic (exact) mass is 576 g/mol. The fourth-order valence-corrected chi connectivity index (χ4v) is 6.63. The number of nitrogens with zero attached hydrogens (tertiary/aromatic N) is 2. The first-order valence-electron chi connectivity index (χ1n) is 15.3. The van der Waals surface area contributed by atoms with E-state index in [9.17, 15) is 4.79 Å². The maximum absolute atomic E-state index is 13.2. The van der Waals surface area contributed by atoms with Crippen LogP contribution < -0.4 is 5.46 Å². The minimum Gasteiger partial charge on any atom is -0.448 e. The molecular weight excluding hydrogens is 535 g/mol. The zero-order valence-electron chi connectivity index (χ0n) is 26.2. The standard InChI is InChI=1S/C36H41BN2O4/c1-8-26-21-27(25(3)33(24(26)2)37-42-35(4,5)36(6,7)43-37)22-38-17-19-39(20-18-38)34(40)41-23-32-30-15-11-9-13-28(30)29-14-10-12-16-31(29)32/h1,9-16,21,32H,17-20,22-23H2,2-7H3. The molecule has 2 aliphatic heterocycles. The Morgan fingerprint density at radius 1 is 0.930 bits per heavy atom. The van der Waals surface area contributed by atoms with Crippen molar-refractivity contribution in [2.45, 2.75) is 65.2 Å². The summed E-state index contributed by atoms with van der Waals surface area (Å²) >= 11 is 0. The van der Waals surface area contributed by atoms with Crippen molar-refractivity contribution >= 4 is 18.7 Å². The van der Waals surface area contributed by atoms with Crippen LogP contribution in [0, 0.1) is 26.2 Å². The van der Waals surface area contributed by atoms with E-state index in [1.807, 2.05) is 4.90 Å². The lowest BCUT2D eigenvalue weighted by molar-refractivity contribution is 0.00578. The van der Waals surface area contributed by atoms with Gasteiger partial charge in [0, 0.05) is 44.2 Å². The molecule has 7 heteroatoms. The van der Waals surface area contributed by atoms with E-state index in [4.69, 9.17) is 20.5 Å². The van der Waals surface area contributed by atoms with Gasteiger partial charge in [0.2, 0.25) is 0 Å². The number of rotatable bonds is 5. The quantitative estimate of drug-likeness (QED) is 0.290. The molecule has 3 aromatic carbocycles. The molecule has 222 valence electrons. The van der Waals surface area contributed by atoms with Crippen molar-refractivity contribution < 1.29 is 18.8 Å². The molecule has 1 aliphatic carbocycles. The third-order valence-electron chi connectivity index (χ3n) is 10.0. The molecule has 0 bridgehead atoms. The zero-order chi connectivity index (χ0) is 30.5. The van der Waals surface area contributed by atoms with Gasteiger partial charge in [0.1, 0.15) is 6.61 Å². The molecule has 6 rings (SSSR count). The van der Waals surface area contributed by atoms with Gasteiger partial charge in [-0.25, -0.2) is 4.79 Å². The summed E-state index contributed by atoms with van der Waals surface area (Å²) in [5.41, 5.74) is 9.28. The smallest absolute Gasteiger partial charge is 0.448 e. The molecule has 2 fully saturated rings. The van der Waals surface area contributed by atoms with E-state index >= 15 is 0 Å². The van der Waals surface area contributed by atoms with E-state index in [1.54, 1.807) is 0 Å². The third kappa shape index (κ3) is 5.27. The molecule has 6 nitrogen and oxygen atoms in total. The number of hydrogen-bond acceptors (Lipinski definition) is 5. The lowest BCUT2D eigenvalue weighted by atomic mass is 9.71. The van der Waals surface area contributed by atoms with Gasteiger partial charge in [-0.05, 0) is 92.0 Å².